The highest BCUT2D eigenvalue weighted by molar-refractivity contribution is 5.90. The number of aliphatic carboxylic acids is 1. The Balaban J connectivity index is 1.46. The van der Waals surface area contributed by atoms with Crippen molar-refractivity contribution in [3.8, 4) is 0 Å². The van der Waals surface area contributed by atoms with Crippen molar-refractivity contribution in [2.45, 2.75) is 83.5 Å². The summed E-state index contributed by atoms with van der Waals surface area (Å²) < 4.78 is 0. The molecule has 0 radical (unpaired) electrons. The van der Waals surface area contributed by atoms with Crippen molar-refractivity contribution in [1.82, 2.24) is 0 Å². The second-order valence-corrected chi connectivity index (χ2v) is 10.3. The Morgan fingerprint density at radius 1 is 0.882 bits per heavy atom. The standard InChI is InChI=1S/C32H40O2/c1-25(26-16-10-7-11-17-26)32-23-15-21-29(32)24-28(31(32)27-18-12-8-13-19-27)20-9-5-3-2-4-6-14-22-30(33)34/h7-8,10-13,16-19,29H,1-6,9,14-15,20-24H2,(H,33,34). The fraction of sp³-hybridized carbons (Fsp3) is 0.469. The third kappa shape index (κ3) is 5.37. The minimum Gasteiger partial charge on any atom is -0.481 e. The minimum atomic E-state index is -0.670. The summed E-state index contributed by atoms with van der Waals surface area (Å²) in [6.07, 6.45) is 14.6. The molecule has 1 N–H and O–H groups in total. The van der Waals surface area contributed by atoms with E-state index >= 15 is 0 Å². The number of carboxylic acid groups (broad SMARTS) is 1. The average molecular weight is 457 g/mol. The van der Waals surface area contributed by atoms with E-state index in [0.29, 0.717) is 12.3 Å². The van der Waals surface area contributed by atoms with Gasteiger partial charge < -0.3 is 5.11 Å². The topological polar surface area (TPSA) is 37.3 Å². The van der Waals surface area contributed by atoms with Gasteiger partial charge in [-0.05, 0) is 66.7 Å². The maximum atomic E-state index is 10.6. The molecule has 2 aliphatic carbocycles. The summed E-state index contributed by atoms with van der Waals surface area (Å²) in [6, 6.07) is 22.0. The molecule has 180 valence electrons. The Labute approximate surface area is 205 Å². The SMILES string of the molecule is C=C(c1ccccc1)C12CCCC1CC(CCCCCCCCCC(=O)O)=C2c1ccccc1. The molecule has 4 rings (SSSR count). The first-order chi connectivity index (χ1) is 16.6. The molecule has 1 saturated carbocycles. The number of rotatable bonds is 13. The number of fused-ring (bicyclic) bond motifs is 1. The van der Waals surface area contributed by atoms with Gasteiger partial charge in [-0.25, -0.2) is 0 Å². The summed E-state index contributed by atoms with van der Waals surface area (Å²) in [6.45, 7) is 4.74. The molecule has 0 heterocycles. The van der Waals surface area contributed by atoms with E-state index in [9.17, 15) is 4.79 Å². The molecule has 2 nitrogen and oxygen atoms in total. The van der Waals surface area contributed by atoms with Crippen LogP contribution in [0.1, 0.15) is 94.6 Å². The van der Waals surface area contributed by atoms with Gasteiger partial charge in [0.05, 0.1) is 0 Å². The van der Waals surface area contributed by atoms with E-state index in [-0.39, 0.29) is 5.41 Å². The molecule has 0 saturated heterocycles. The van der Waals surface area contributed by atoms with Gasteiger partial charge in [-0.2, -0.15) is 0 Å². The minimum absolute atomic E-state index is 0.0855. The normalized spacial score (nSPS) is 21.6. The van der Waals surface area contributed by atoms with Crippen LogP contribution in [-0.2, 0) is 4.79 Å². The maximum absolute atomic E-state index is 10.6. The number of hydrogen-bond donors (Lipinski definition) is 1. The molecule has 2 atom stereocenters. The molecule has 0 amide bonds. The van der Waals surface area contributed by atoms with Gasteiger partial charge in [0.2, 0.25) is 0 Å². The van der Waals surface area contributed by atoms with Crippen LogP contribution in [0.25, 0.3) is 11.1 Å². The lowest BCUT2D eigenvalue weighted by Gasteiger charge is -2.36. The molecule has 2 aromatic rings. The second kappa shape index (κ2) is 11.7. The summed E-state index contributed by atoms with van der Waals surface area (Å²) in [4.78, 5) is 10.6. The second-order valence-electron chi connectivity index (χ2n) is 10.3. The largest absolute Gasteiger partial charge is 0.481 e. The number of carbonyl (C=O) groups is 1. The quantitative estimate of drug-likeness (QED) is 0.305. The first-order valence-corrected chi connectivity index (χ1v) is 13.4. The van der Waals surface area contributed by atoms with Crippen LogP contribution in [0.2, 0.25) is 0 Å². The molecule has 2 aromatic carbocycles. The lowest BCUT2D eigenvalue weighted by Crippen LogP contribution is -2.24. The van der Waals surface area contributed by atoms with Gasteiger partial charge in [-0.1, -0.05) is 111 Å². The Bertz CT molecular complexity index is 988. The summed E-state index contributed by atoms with van der Waals surface area (Å²) in [7, 11) is 0. The van der Waals surface area contributed by atoms with Crippen molar-refractivity contribution in [3.63, 3.8) is 0 Å². The van der Waals surface area contributed by atoms with Gasteiger partial charge in [0.15, 0.2) is 0 Å². The molecule has 0 aliphatic heterocycles. The van der Waals surface area contributed by atoms with E-state index in [1.807, 2.05) is 0 Å². The highest BCUT2D eigenvalue weighted by atomic mass is 16.4. The molecular formula is C32H40O2. The first kappa shape index (κ1) is 24.5. The molecule has 2 unspecified atom stereocenters. The third-order valence-corrected chi connectivity index (χ3v) is 8.21. The lowest BCUT2D eigenvalue weighted by molar-refractivity contribution is -0.137. The summed E-state index contributed by atoms with van der Waals surface area (Å²) in [5.41, 5.74) is 7.38. The summed E-state index contributed by atoms with van der Waals surface area (Å²) in [5.74, 6) is 0.0104. The molecule has 1 fully saturated rings. The number of carboxylic acids is 1. The van der Waals surface area contributed by atoms with E-state index in [4.69, 9.17) is 11.7 Å². The van der Waals surface area contributed by atoms with Crippen molar-refractivity contribution in [1.29, 1.82) is 0 Å². The van der Waals surface area contributed by atoms with Crippen molar-refractivity contribution in [3.05, 3.63) is 83.9 Å². The van der Waals surface area contributed by atoms with Crippen LogP contribution in [0.5, 0.6) is 0 Å². The van der Waals surface area contributed by atoms with Crippen molar-refractivity contribution < 1.29 is 9.90 Å². The fourth-order valence-corrected chi connectivity index (χ4v) is 6.64. The van der Waals surface area contributed by atoms with Gasteiger partial charge >= 0.3 is 5.97 Å². The van der Waals surface area contributed by atoms with Gasteiger partial charge in [0.25, 0.3) is 0 Å². The zero-order valence-corrected chi connectivity index (χ0v) is 20.6. The third-order valence-electron chi connectivity index (χ3n) is 8.21. The van der Waals surface area contributed by atoms with E-state index in [0.717, 1.165) is 19.3 Å². The van der Waals surface area contributed by atoms with Gasteiger partial charge in [0, 0.05) is 11.8 Å². The van der Waals surface area contributed by atoms with Crippen LogP contribution in [0.3, 0.4) is 0 Å². The molecule has 0 spiro atoms. The molecule has 0 bridgehead atoms. The van der Waals surface area contributed by atoms with E-state index in [1.54, 1.807) is 11.1 Å². The number of hydrogen-bond acceptors (Lipinski definition) is 1. The van der Waals surface area contributed by atoms with Crippen LogP contribution < -0.4 is 0 Å². The molecule has 0 aromatic heterocycles. The predicted molar refractivity (Wildman–Crippen MR) is 142 cm³/mol. The van der Waals surface area contributed by atoms with Crippen LogP contribution in [0.15, 0.2) is 72.8 Å². The van der Waals surface area contributed by atoms with Crippen LogP contribution in [-0.4, -0.2) is 11.1 Å². The monoisotopic (exact) mass is 456 g/mol. The highest BCUT2D eigenvalue weighted by Crippen LogP contribution is 2.66. The predicted octanol–water partition coefficient (Wildman–Crippen LogP) is 8.94. The summed E-state index contributed by atoms with van der Waals surface area (Å²) in [5, 5.41) is 8.76. The average Bonchev–Trinajstić information content (AvgIpc) is 3.40. The number of unbranched alkanes of at least 4 members (excludes halogenated alkanes) is 6. The van der Waals surface area contributed by atoms with Gasteiger partial charge in [-0.3, -0.25) is 4.79 Å². The zero-order chi connectivity index (χ0) is 23.8. The van der Waals surface area contributed by atoms with E-state index in [2.05, 4.69) is 60.7 Å². The Morgan fingerprint density at radius 2 is 1.50 bits per heavy atom. The van der Waals surface area contributed by atoms with Crippen LogP contribution in [0.4, 0.5) is 0 Å². The smallest absolute Gasteiger partial charge is 0.303 e. The van der Waals surface area contributed by atoms with Crippen molar-refractivity contribution >= 4 is 17.1 Å². The van der Waals surface area contributed by atoms with Crippen molar-refractivity contribution in [2.24, 2.45) is 11.3 Å². The molecule has 34 heavy (non-hydrogen) atoms. The Morgan fingerprint density at radius 3 is 2.18 bits per heavy atom. The molecule has 2 heteroatoms. The van der Waals surface area contributed by atoms with Crippen LogP contribution in [0, 0.1) is 11.3 Å². The Hall–Kier alpha value is -2.61. The van der Waals surface area contributed by atoms with Crippen molar-refractivity contribution in [2.75, 3.05) is 0 Å². The zero-order valence-electron chi connectivity index (χ0n) is 20.6. The molecule has 2 aliphatic rings. The number of allylic oxidation sites excluding steroid dienone is 3. The fourth-order valence-electron chi connectivity index (χ4n) is 6.64. The van der Waals surface area contributed by atoms with Gasteiger partial charge in [-0.15, -0.1) is 0 Å². The number of benzene rings is 2. The van der Waals surface area contributed by atoms with Gasteiger partial charge in [0.1, 0.15) is 0 Å². The van der Waals surface area contributed by atoms with Crippen LogP contribution >= 0.6 is 0 Å². The molecular weight excluding hydrogens is 416 g/mol. The van der Waals surface area contributed by atoms with E-state index in [1.165, 1.54) is 74.5 Å². The van der Waals surface area contributed by atoms with E-state index < -0.39 is 5.97 Å². The highest BCUT2D eigenvalue weighted by Gasteiger charge is 2.52. The lowest BCUT2D eigenvalue weighted by atomic mass is 9.66. The first-order valence-electron chi connectivity index (χ1n) is 13.4. The summed E-state index contributed by atoms with van der Waals surface area (Å²) >= 11 is 0. The maximum Gasteiger partial charge on any atom is 0.303 e. The Kier molecular flexibility index (Phi) is 8.43.